The Kier molecular flexibility index (Phi) is 7.45. The molecule has 2 amide bonds. The first-order chi connectivity index (χ1) is 16.8. The smallest absolute Gasteiger partial charge is 0.414 e. The number of thiophene rings is 1. The van der Waals surface area contributed by atoms with Crippen LogP contribution in [0, 0.1) is 17.0 Å². The van der Waals surface area contributed by atoms with Crippen molar-refractivity contribution in [3.63, 3.8) is 0 Å². The fraction of sp³-hybridized carbons (Fsp3) is 0.364. The van der Waals surface area contributed by atoms with Gasteiger partial charge in [-0.1, -0.05) is 29.6 Å². The van der Waals surface area contributed by atoms with Gasteiger partial charge in [0.05, 0.1) is 10.3 Å². The number of nitrogens with one attached hydrogen (secondary N) is 3. The predicted octanol–water partition coefficient (Wildman–Crippen LogP) is 4.28. The van der Waals surface area contributed by atoms with Crippen molar-refractivity contribution in [2.75, 3.05) is 23.4 Å². The lowest BCUT2D eigenvalue weighted by molar-refractivity contribution is -0.536. The summed E-state index contributed by atoms with van der Waals surface area (Å²) in [6.45, 7) is 2.66. The third-order valence-corrected chi connectivity index (χ3v) is 7.35. The number of ether oxygens (including phenoxy) is 2. The number of amides is 2. The maximum Gasteiger partial charge on any atom is 0.414 e. The van der Waals surface area contributed by atoms with Gasteiger partial charge in [-0.3, -0.25) is 4.79 Å². The summed E-state index contributed by atoms with van der Waals surface area (Å²) in [5.74, 6) is -0.0973. The number of hydrogen-bond donors (Lipinski definition) is 3. The average molecular weight is 566 g/mol. The van der Waals surface area contributed by atoms with Crippen molar-refractivity contribution in [1.82, 2.24) is 10.7 Å². The number of carbonyl (C=O) groups excluding carboxylic acids is 2. The molecule has 35 heavy (non-hydrogen) atoms. The molecule has 0 spiro atoms. The van der Waals surface area contributed by atoms with E-state index in [9.17, 15) is 19.7 Å². The Morgan fingerprint density at radius 1 is 1.26 bits per heavy atom. The lowest BCUT2D eigenvalue weighted by atomic mass is 9.96. The van der Waals surface area contributed by atoms with Crippen LogP contribution in [-0.2, 0) is 9.53 Å². The van der Waals surface area contributed by atoms with Crippen LogP contribution in [0.4, 0.5) is 16.2 Å². The lowest BCUT2D eigenvalue weighted by Crippen LogP contribution is -2.55. The van der Waals surface area contributed by atoms with Gasteiger partial charge in [-0.15, -0.1) is 0 Å². The van der Waals surface area contributed by atoms with Crippen LogP contribution in [0.1, 0.15) is 31.2 Å². The van der Waals surface area contributed by atoms with E-state index in [4.69, 9.17) is 9.47 Å². The zero-order valence-corrected chi connectivity index (χ0v) is 21.2. The number of hydrogen-bond acceptors (Lipinski definition) is 8. The summed E-state index contributed by atoms with van der Waals surface area (Å²) in [7, 11) is 0. The first kappa shape index (κ1) is 24.8. The van der Waals surface area contributed by atoms with Gasteiger partial charge in [-0.05, 0) is 71.6 Å². The van der Waals surface area contributed by atoms with Crippen LogP contribution in [0.25, 0.3) is 0 Å². The third kappa shape index (κ3) is 5.85. The first-order valence-corrected chi connectivity index (χ1v) is 12.5. The van der Waals surface area contributed by atoms with Gasteiger partial charge in [0.25, 0.3) is 0 Å². The molecule has 2 aliphatic rings. The molecule has 3 N–H and O–H groups in total. The maximum absolute atomic E-state index is 13.3. The van der Waals surface area contributed by atoms with Crippen molar-refractivity contribution in [1.29, 1.82) is 0 Å². The molecular formula is C22H24BrN5O6S. The zero-order valence-electron chi connectivity index (χ0n) is 18.8. The lowest BCUT2D eigenvalue weighted by Gasteiger charge is -2.30. The molecule has 2 aromatic rings. The Labute approximate surface area is 213 Å². The molecule has 0 radical (unpaired) electrons. The minimum absolute atomic E-state index is 0.214. The second-order valence-electron chi connectivity index (χ2n) is 8.21. The molecule has 1 saturated carbocycles. The molecule has 1 aromatic heterocycles. The van der Waals surface area contributed by atoms with Crippen LogP contribution in [0.5, 0.6) is 5.06 Å². The van der Waals surface area contributed by atoms with Crippen LogP contribution < -0.4 is 25.7 Å². The Morgan fingerprint density at radius 2 is 2.03 bits per heavy atom. The van der Waals surface area contributed by atoms with Gasteiger partial charge >= 0.3 is 6.09 Å². The number of aryl methyl sites for hydroxylation is 1. The molecule has 4 rings (SSSR count). The quantitative estimate of drug-likeness (QED) is 0.334. The SMILES string of the molecule is Cc1cc(NC(=O)C2(NC(=O)Oc3ccc(Br)s3)CCCC2)ccc1N1CCOC=C1N[N+](=O)[O-]. The largest absolute Gasteiger partial charge is 0.495 e. The van der Waals surface area contributed by atoms with Crippen molar-refractivity contribution in [2.24, 2.45) is 0 Å². The number of hydrazine groups is 1. The van der Waals surface area contributed by atoms with Crippen molar-refractivity contribution in [3.8, 4) is 5.06 Å². The van der Waals surface area contributed by atoms with E-state index in [2.05, 4.69) is 32.0 Å². The highest BCUT2D eigenvalue weighted by atomic mass is 79.9. The van der Waals surface area contributed by atoms with Gasteiger partial charge in [0, 0.05) is 11.4 Å². The van der Waals surface area contributed by atoms with Crippen LogP contribution >= 0.6 is 27.3 Å². The number of nitro groups is 1. The van der Waals surface area contributed by atoms with Gasteiger partial charge in [-0.25, -0.2) is 14.9 Å². The van der Waals surface area contributed by atoms with Gasteiger partial charge in [0.2, 0.25) is 11.7 Å². The van der Waals surface area contributed by atoms with E-state index in [1.165, 1.54) is 17.6 Å². The molecule has 11 nitrogen and oxygen atoms in total. The fourth-order valence-electron chi connectivity index (χ4n) is 4.24. The Bertz CT molecular complexity index is 1160. The summed E-state index contributed by atoms with van der Waals surface area (Å²) in [6, 6.07) is 8.75. The second kappa shape index (κ2) is 10.5. The normalized spacial score (nSPS) is 16.6. The first-order valence-electron chi connectivity index (χ1n) is 10.9. The molecule has 186 valence electrons. The van der Waals surface area contributed by atoms with Gasteiger partial charge in [-0.2, -0.15) is 0 Å². The minimum atomic E-state index is -1.06. The standard InChI is InChI=1S/C22H24BrN5O6S/c1-14-12-15(4-5-16(14)27-10-11-33-13-18(27)26-28(31)32)24-20(29)22(8-2-3-9-22)25-21(30)34-19-7-6-17(23)35-19/h4-7,12-13,26H,2-3,8-11H2,1H3,(H,24,29)(H,25,30). The monoisotopic (exact) mass is 565 g/mol. The van der Waals surface area contributed by atoms with Crippen LogP contribution in [0.15, 0.2) is 46.2 Å². The number of halogens is 1. The summed E-state index contributed by atoms with van der Waals surface area (Å²) in [6.07, 6.45) is 3.27. The van der Waals surface area contributed by atoms with Crippen LogP contribution in [0.2, 0.25) is 0 Å². The van der Waals surface area contributed by atoms with E-state index in [0.717, 1.165) is 27.9 Å². The highest BCUT2D eigenvalue weighted by Gasteiger charge is 2.43. The van der Waals surface area contributed by atoms with E-state index in [1.54, 1.807) is 35.2 Å². The number of nitrogens with zero attached hydrogens (tertiary/aromatic N) is 2. The molecule has 1 aliphatic heterocycles. The maximum atomic E-state index is 13.3. The van der Waals surface area contributed by atoms with E-state index >= 15 is 0 Å². The molecule has 0 atom stereocenters. The number of rotatable bonds is 7. The Hall–Kier alpha value is -3.32. The second-order valence-corrected chi connectivity index (χ2v) is 10.6. The molecular weight excluding hydrogens is 542 g/mol. The highest BCUT2D eigenvalue weighted by Crippen LogP contribution is 2.33. The van der Waals surface area contributed by atoms with E-state index in [0.29, 0.717) is 36.7 Å². The third-order valence-electron chi connectivity index (χ3n) is 5.84. The number of benzene rings is 1. The Morgan fingerprint density at radius 3 is 2.69 bits per heavy atom. The zero-order chi connectivity index (χ0) is 25.0. The molecule has 2 heterocycles. The summed E-state index contributed by atoms with van der Waals surface area (Å²) in [5.41, 5.74) is 3.18. The number of anilines is 2. The average Bonchev–Trinajstić information content (AvgIpc) is 3.43. The summed E-state index contributed by atoms with van der Waals surface area (Å²) >= 11 is 4.61. The van der Waals surface area contributed by atoms with E-state index in [-0.39, 0.29) is 11.7 Å². The predicted molar refractivity (Wildman–Crippen MR) is 134 cm³/mol. The van der Waals surface area contributed by atoms with Crippen molar-refractivity contribution >= 4 is 50.6 Å². The van der Waals surface area contributed by atoms with Gasteiger partial charge in [0.15, 0.2) is 10.1 Å². The fourth-order valence-corrected chi connectivity index (χ4v) is 5.43. The van der Waals surface area contributed by atoms with Crippen molar-refractivity contribution in [2.45, 2.75) is 38.1 Å². The summed E-state index contributed by atoms with van der Waals surface area (Å²) in [5, 5.41) is 16.4. The molecule has 13 heteroatoms. The molecule has 0 unspecified atom stereocenters. The minimum Gasteiger partial charge on any atom is -0.495 e. The van der Waals surface area contributed by atoms with Crippen LogP contribution in [-0.4, -0.2) is 35.7 Å². The summed E-state index contributed by atoms with van der Waals surface area (Å²) < 4.78 is 11.4. The van der Waals surface area contributed by atoms with Crippen molar-refractivity contribution < 1.29 is 24.1 Å². The topological polar surface area (TPSA) is 135 Å². The van der Waals surface area contributed by atoms with Crippen molar-refractivity contribution in [3.05, 3.63) is 61.9 Å². The van der Waals surface area contributed by atoms with E-state index in [1.807, 2.05) is 6.92 Å². The number of carbonyl (C=O) groups is 2. The molecule has 1 fully saturated rings. The highest BCUT2D eigenvalue weighted by molar-refractivity contribution is 9.11. The Balaban J connectivity index is 1.46. The van der Waals surface area contributed by atoms with E-state index < -0.39 is 16.7 Å². The molecule has 0 saturated heterocycles. The molecule has 1 aliphatic carbocycles. The van der Waals surface area contributed by atoms with Gasteiger partial charge in [0.1, 0.15) is 18.4 Å². The van der Waals surface area contributed by atoms with Crippen LogP contribution in [0.3, 0.4) is 0 Å². The van der Waals surface area contributed by atoms with Gasteiger partial charge < -0.3 is 25.0 Å². The summed E-state index contributed by atoms with van der Waals surface area (Å²) in [4.78, 5) is 38.5. The molecule has 1 aromatic carbocycles. The molecule has 0 bridgehead atoms.